The van der Waals surface area contributed by atoms with E-state index in [1.807, 2.05) is 0 Å². The molecule has 0 unspecified atom stereocenters. The second-order valence-corrected chi connectivity index (χ2v) is 31.5. The number of benzene rings is 1. The maximum absolute atomic E-state index is 5.89. The number of rotatable bonds is 12. The lowest BCUT2D eigenvalue weighted by molar-refractivity contribution is 0.301. The highest BCUT2D eigenvalue weighted by atomic mass is 80.0. The molecule has 1 aliphatic carbocycles. The number of halogens is 3. The van der Waals surface area contributed by atoms with Gasteiger partial charge in [0.25, 0.3) is 3.93 Å². The first kappa shape index (κ1) is 24.0. The van der Waals surface area contributed by atoms with Crippen molar-refractivity contribution in [2.24, 2.45) is 5.92 Å². The van der Waals surface area contributed by atoms with Gasteiger partial charge in [-0.25, -0.2) is 0 Å². The molecule has 0 atom stereocenters. The molecular formula is C22H35Br3OSi. The summed E-state index contributed by atoms with van der Waals surface area (Å²) in [6.07, 6.45) is 15.2. The van der Waals surface area contributed by atoms with Gasteiger partial charge in [-0.05, 0) is 67.7 Å². The number of hydrogen-bond acceptors (Lipinski definition) is 1. The van der Waals surface area contributed by atoms with E-state index in [1.165, 1.54) is 69.8 Å². The van der Waals surface area contributed by atoms with E-state index >= 15 is 0 Å². The van der Waals surface area contributed by atoms with Gasteiger partial charge < -0.3 is 4.74 Å². The molecule has 0 amide bonds. The average Bonchev–Trinajstić information content (AvgIpc) is 2.65. The summed E-state index contributed by atoms with van der Waals surface area (Å²) in [7, 11) is 0. The molecule has 1 aromatic carbocycles. The van der Waals surface area contributed by atoms with Gasteiger partial charge in [0, 0.05) is 0 Å². The van der Waals surface area contributed by atoms with Crippen LogP contribution in [-0.4, -0.2) is 10.5 Å². The lowest BCUT2D eigenvalue weighted by Crippen LogP contribution is -2.13. The van der Waals surface area contributed by atoms with Gasteiger partial charge in [0.2, 0.25) is 0 Å². The van der Waals surface area contributed by atoms with Crippen LogP contribution < -0.4 is 4.74 Å². The van der Waals surface area contributed by atoms with Crippen LogP contribution in [0.2, 0.25) is 6.04 Å². The van der Waals surface area contributed by atoms with Crippen LogP contribution in [0.15, 0.2) is 24.3 Å². The maximum Gasteiger partial charge on any atom is 0.267 e. The van der Waals surface area contributed by atoms with Crippen LogP contribution >= 0.6 is 45.9 Å². The Morgan fingerprint density at radius 3 is 2.19 bits per heavy atom. The van der Waals surface area contributed by atoms with Crippen LogP contribution in [0.4, 0.5) is 0 Å². The van der Waals surface area contributed by atoms with Crippen LogP contribution in [0.5, 0.6) is 5.75 Å². The van der Waals surface area contributed by atoms with Crippen LogP contribution in [0, 0.1) is 5.92 Å². The second-order valence-electron chi connectivity index (χ2n) is 8.06. The molecule has 0 N–H and O–H groups in total. The summed E-state index contributed by atoms with van der Waals surface area (Å²) >= 11 is 11.0. The highest BCUT2D eigenvalue weighted by molar-refractivity contribution is 9.72. The van der Waals surface area contributed by atoms with E-state index in [1.54, 1.807) is 0 Å². The standard InChI is InChI=1S/C22H35Br3OSi/c1-2-3-4-5-6-8-19-9-11-20(12-10-19)21-13-15-22(16-14-21)26-17-7-18-27(23,24)25/h13-16,19-20H,2-12,17-18H2,1H3. The first-order valence-corrected chi connectivity index (χ1v) is 19.7. The minimum atomic E-state index is -1.49. The summed E-state index contributed by atoms with van der Waals surface area (Å²) in [5.74, 6) is 2.75. The summed E-state index contributed by atoms with van der Waals surface area (Å²) in [6.45, 7) is 3.07. The van der Waals surface area contributed by atoms with Crippen LogP contribution in [0.1, 0.15) is 89.0 Å². The molecule has 0 aromatic heterocycles. The molecule has 0 bridgehead atoms. The van der Waals surface area contributed by atoms with Gasteiger partial charge in [0.05, 0.1) is 6.61 Å². The molecule has 0 spiro atoms. The van der Waals surface area contributed by atoms with Crippen molar-refractivity contribution in [2.75, 3.05) is 6.61 Å². The summed E-state index contributed by atoms with van der Waals surface area (Å²) < 4.78 is 4.40. The molecule has 154 valence electrons. The smallest absolute Gasteiger partial charge is 0.267 e. The molecule has 1 fully saturated rings. The second kappa shape index (κ2) is 13.1. The highest BCUT2D eigenvalue weighted by Crippen LogP contribution is 2.38. The van der Waals surface area contributed by atoms with Crippen molar-refractivity contribution in [3.8, 4) is 5.75 Å². The van der Waals surface area contributed by atoms with Gasteiger partial charge in [-0.3, -0.25) is 0 Å². The van der Waals surface area contributed by atoms with Crippen molar-refractivity contribution in [2.45, 2.75) is 89.5 Å². The SMILES string of the molecule is CCCCCCCC1CCC(c2ccc(OCCC[Si](Br)(Br)Br)cc2)CC1. The zero-order valence-electron chi connectivity index (χ0n) is 16.7. The third-order valence-corrected chi connectivity index (χ3v) is 10.3. The molecule has 0 heterocycles. The molecule has 0 radical (unpaired) electrons. The fraction of sp³-hybridized carbons (Fsp3) is 0.727. The third kappa shape index (κ3) is 10.3. The molecule has 2 rings (SSSR count). The monoisotopic (exact) mass is 580 g/mol. The Hall–Kier alpha value is 0.677. The first-order chi connectivity index (χ1) is 13.0. The molecule has 1 nitrogen and oxygen atoms in total. The van der Waals surface area contributed by atoms with Crippen LogP contribution in [0.3, 0.4) is 0 Å². The molecule has 5 heteroatoms. The minimum absolute atomic E-state index is 0.761. The van der Waals surface area contributed by atoms with Crippen molar-refractivity contribution in [1.29, 1.82) is 0 Å². The molecule has 1 aliphatic rings. The van der Waals surface area contributed by atoms with E-state index in [0.29, 0.717) is 0 Å². The van der Waals surface area contributed by atoms with E-state index < -0.39 is 3.93 Å². The molecule has 27 heavy (non-hydrogen) atoms. The fourth-order valence-corrected chi connectivity index (χ4v) is 7.19. The van der Waals surface area contributed by atoms with Gasteiger partial charge in [-0.1, -0.05) is 103 Å². The normalized spacial score (nSPS) is 20.6. The zero-order chi connectivity index (χ0) is 19.5. The summed E-state index contributed by atoms with van der Waals surface area (Å²) in [5, 5.41) is 0. The van der Waals surface area contributed by atoms with E-state index in [2.05, 4.69) is 77.1 Å². The lowest BCUT2D eigenvalue weighted by Gasteiger charge is -2.29. The van der Waals surface area contributed by atoms with Crippen molar-refractivity contribution in [3.05, 3.63) is 29.8 Å². The van der Waals surface area contributed by atoms with Gasteiger partial charge in [-0.15, -0.1) is 0 Å². The van der Waals surface area contributed by atoms with E-state index in [0.717, 1.165) is 36.7 Å². The molecule has 0 aliphatic heterocycles. The average molecular weight is 583 g/mol. The summed E-state index contributed by atoms with van der Waals surface area (Å²) in [5.41, 5.74) is 1.51. The maximum atomic E-state index is 5.89. The van der Waals surface area contributed by atoms with E-state index in [4.69, 9.17) is 4.74 Å². The summed E-state index contributed by atoms with van der Waals surface area (Å²) in [4.78, 5) is 0. The quantitative estimate of drug-likeness (QED) is 0.136. The Balaban J connectivity index is 1.64. The van der Waals surface area contributed by atoms with E-state index in [9.17, 15) is 0 Å². The molecule has 1 aromatic rings. The van der Waals surface area contributed by atoms with Crippen molar-refractivity contribution >= 4 is 49.8 Å². The Labute approximate surface area is 191 Å². The van der Waals surface area contributed by atoms with Crippen LogP contribution in [-0.2, 0) is 0 Å². The van der Waals surface area contributed by atoms with Crippen molar-refractivity contribution in [1.82, 2.24) is 0 Å². The fourth-order valence-electron chi connectivity index (χ4n) is 4.12. The van der Waals surface area contributed by atoms with Crippen molar-refractivity contribution < 1.29 is 4.74 Å². The largest absolute Gasteiger partial charge is 0.494 e. The molecule has 0 saturated heterocycles. The van der Waals surface area contributed by atoms with Crippen LogP contribution in [0.25, 0.3) is 0 Å². The van der Waals surface area contributed by atoms with E-state index in [-0.39, 0.29) is 0 Å². The number of unbranched alkanes of at least 4 members (excludes halogenated alkanes) is 4. The predicted molar refractivity (Wildman–Crippen MR) is 132 cm³/mol. The number of ether oxygens (including phenoxy) is 1. The van der Waals surface area contributed by atoms with Crippen molar-refractivity contribution in [3.63, 3.8) is 0 Å². The van der Waals surface area contributed by atoms with Gasteiger partial charge in [0.15, 0.2) is 0 Å². The predicted octanol–water partition coefficient (Wildman–Crippen LogP) is 9.21. The highest BCUT2D eigenvalue weighted by Gasteiger charge is 2.22. The topological polar surface area (TPSA) is 9.23 Å². The Morgan fingerprint density at radius 1 is 0.889 bits per heavy atom. The summed E-state index contributed by atoms with van der Waals surface area (Å²) in [6, 6.07) is 10.0. The Bertz CT molecular complexity index is 507. The minimum Gasteiger partial charge on any atom is -0.494 e. The Kier molecular flexibility index (Phi) is 11.6. The zero-order valence-corrected chi connectivity index (χ0v) is 22.5. The molecule has 1 saturated carbocycles. The van der Waals surface area contributed by atoms with Gasteiger partial charge in [-0.2, -0.15) is 0 Å². The Morgan fingerprint density at radius 2 is 1.56 bits per heavy atom. The first-order valence-electron chi connectivity index (χ1n) is 10.8. The van der Waals surface area contributed by atoms with Gasteiger partial charge in [0.1, 0.15) is 5.75 Å². The molecular weight excluding hydrogens is 548 g/mol. The third-order valence-electron chi connectivity index (χ3n) is 5.79. The number of hydrogen-bond donors (Lipinski definition) is 0. The lowest BCUT2D eigenvalue weighted by atomic mass is 9.77. The van der Waals surface area contributed by atoms with Gasteiger partial charge >= 0.3 is 0 Å².